The highest BCUT2D eigenvalue weighted by Gasteiger charge is 2.18. The summed E-state index contributed by atoms with van der Waals surface area (Å²) in [6.45, 7) is 4.08. The van der Waals surface area contributed by atoms with Crippen molar-refractivity contribution in [3.05, 3.63) is 76.2 Å². The van der Waals surface area contributed by atoms with Crippen LogP contribution in [-0.2, 0) is 11.3 Å². The van der Waals surface area contributed by atoms with Gasteiger partial charge in [-0.05, 0) is 37.4 Å². The summed E-state index contributed by atoms with van der Waals surface area (Å²) in [4.78, 5) is 43.0. The molecule has 0 spiro atoms. The van der Waals surface area contributed by atoms with Crippen LogP contribution in [0.3, 0.4) is 0 Å². The first-order valence-corrected chi connectivity index (χ1v) is 11.9. The number of nitrogens with one attached hydrogen (secondary N) is 2. The van der Waals surface area contributed by atoms with Crippen LogP contribution >= 0.6 is 11.3 Å². The van der Waals surface area contributed by atoms with E-state index >= 15 is 0 Å². The van der Waals surface area contributed by atoms with Gasteiger partial charge in [-0.15, -0.1) is 11.3 Å². The first-order chi connectivity index (χ1) is 17.0. The number of ether oxygens (including phenoxy) is 2. The molecule has 2 aromatic heterocycles. The second kappa shape index (κ2) is 10.8. The predicted molar refractivity (Wildman–Crippen MR) is 136 cm³/mol. The Morgan fingerprint density at radius 1 is 0.971 bits per heavy atom. The molecule has 0 saturated carbocycles. The smallest absolute Gasteiger partial charge is 0.262 e. The molecule has 0 fully saturated rings. The van der Waals surface area contributed by atoms with Gasteiger partial charge in [0.05, 0.1) is 36.3 Å². The average Bonchev–Trinajstić information content (AvgIpc) is 3.34. The number of anilines is 2. The van der Waals surface area contributed by atoms with Crippen LogP contribution in [0.2, 0.25) is 0 Å². The molecule has 2 aromatic carbocycles. The molecule has 2 amide bonds. The Bertz CT molecular complexity index is 1410. The largest absolute Gasteiger partial charge is 0.492 e. The monoisotopic (exact) mass is 492 g/mol. The molecule has 9 nitrogen and oxygen atoms in total. The standard InChI is InChI=1S/C25H24N4O5S/c1-3-33-20-13-19(28-23(31)16-8-6-5-7-9-16)21(34-4-2)12-18(20)27-22(30)14-29-15-26-24-17(25(29)32)10-11-35-24/h5-13,15H,3-4,14H2,1-2H3,(H,27,30)(H,28,31). The number of rotatable bonds is 9. The molecule has 35 heavy (non-hydrogen) atoms. The molecule has 0 aliphatic rings. The van der Waals surface area contributed by atoms with Crippen molar-refractivity contribution in [3.8, 4) is 11.5 Å². The number of carbonyl (C=O) groups excluding carboxylic acids is 2. The van der Waals surface area contributed by atoms with Crippen molar-refractivity contribution in [3.63, 3.8) is 0 Å². The van der Waals surface area contributed by atoms with Crippen LogP contribution in [0.15, 0.2) is 65.0 Å². The number of hydrogen-bond acceptors (Lipinski definition) is 7. The molecular formula is C25H24N4O5S. The van der Waals surface area contributed by atoms with Gasteiger partial charge in [0.25, 0.3) is 11.5 Å². The van der Waals surface area contributed by atoms with Crippen LogP contribution in [0, 0.1) is 0 Å². The van der Waals surface area contributed by atoms with Crippen LogP contribution in [0.4, 0.5) is 11.4 Å². The summed E-state index contributed by atoms with van der Waals surface area (Å²) in [5.74, 6) is -0.0186. The molecule has 0 bridgehead atoms. The summed E-state index contributed by atoms with van der Waals surface area (Å²) >= 11 is 1.36. The second-order valence-electron chi connectivity index (χ2n) is 7.40. The number of fused-ring (bicyclic) bond motifs is 1. The number of amides is 2. The number of nitrogens with zero attached hydrogens (tertiary/aromatic N) is 2. The molecule has 4 aromatic rings. The molecule has 2 heterocycles. The zero-order valence-electron chi connectivity index (χ0n) is 19.2. The maximum atomic E-state index is 12.8. The molecule has 2 N–H and O–H groups in total. The fourth-order valence-electron chi connectivity index (χ4n) is 3.44. The Kier molecular flexibility index (Phi) is 7.41. The summed E-state index contributed by atoms with van der Waals surface area (Å²) in [5, 5.41) is 7.88. The highest BCUT2D eigenvalue weighted by molar-refractivity contribution is 7.16. The van der Waals surface area contributed by atoms with E-state index in [0.717, 1.165) is 0 Å². The van der Waals surface area contributed by atoms with Crippen molar-refractivity contribution < 1.29 is 19.1 Å². The Morgan fingerprint density at radius 2 is 1.63 bits per heavy atom. The van der Waals surface area contributed by atoms with Crippen LogP contribution in [0.25, 0.3) is 10.2 Å². The van der Waals surface area contributed by atoms with Crippen molar-refractivity contribution in [1.82, 2.24) is 9.55 Å². The van der Waals surface area contributed by atoms with E-state index in [9.17, 15) is 14.4 Å². The topological polar surface area (TPSA) is 112 Å². The number of aromatic nitrogens is 2. The second-order valence-corrected chi connectivity index (χ2v) is 8.29. The minimum absolute atomic E-state index is 0.223. The zero-order valence-corrected chi connectivity index (χ0v) is 20.1. The van der Waals surface area contributed by atoms with Gasteiger partial charge >= 0.3 is 0 Å². The highest BCUT2D eigenvalue weighted by atomic mass is 32.1. The van der Waals surface area contributed by atoms with E-state index in [1.54, 1.807) is 47.8 Å². The van der Waals surface area contributed by atoms with Crippen LogP contribution in [0.5, 0.6) is 11.5 Å². The van der Waals surface area contributed by atoms with E-state index < -0.39 is 5.91 Å². The first-order valence-electron chi connectivity index (χ1n) is 11.0. The summed E-state index contributed by atoms with van der Waals surface area (Å²) in [6.07, 6.45) is 1.36. The molecule has 0 aliphatic carbocycles. The van der Waals surface area contributed by atoms with E-state index in [1.807, 2.05) is 19.9 Å². The molecule has 0 radical (unpaired) electrons. The van der Waals surface area contributed by atoms with E-state index in [1.165, 1.54) is 22.2 Å². The Hall–Kier alpha value is -4.18. The molecule has 180 valence electrons. The van der Waals surface area contributed by atoms with Crippen LogP contribution in [0.1, 0.15) is 24.2 Å². The predicted octanol–water partition coefficient (Wildman–Crippen LogP) is 4.15. The van der Waals surface area contributed by atoms with E-state index in [-0.39, 0.29) is 18.0 Å². The van der Waals surface area contributed by atoms with Gasteiger partial charge in [-0.1, -0.05) is 18.2 Å². The minimum atomic E-state index is -0.437. The third-order valence-corrected chi connectivity index (χ3v) is 5.82. The van der Waals surface area contributed by atoms with E-state index in [4.69, 9.17) is 9.47 Å². The van der Waals surface area contributed by atoms with E-state index in [0.29, 0.717) is 51.9 Å². The molecule has 0 saturated heterocycles. The van der Waals surface area contributed by atoms with Gasteiger partial charge in [-0.25, -0.2) is 4.98 Å². The van der Waals surface area contributed by atoms with Gasteiger partial charge < -0.3 is 20.1 Å². The lowest BCUT2D eigenvalue weighted by molar-refractivity contribution is -0.116. The lowest BCUT2D eigenvalue weighted by atomic mass is 10.2. The van der Waals surface area contributed by atoms with Crippen LogP contribution in [-0.4, -0.2) is 34.6 Å². The first kappa shape index (κ1) is 24.0. The molecule has 10 heteroatoms. The maximum Gasteiger partial charge on any atom is 0.262 e. The quantitative estimate of drug-likeness (QED) is 0.363. The van der Waals surface area contributed by atoms with E-state index in [2.05, 4.69) is 15.6 Å². The number of benzene rings is 2. The fraction of sp³-hybridized carbons (Fsp3) is 0.200. The minimum Gasteiger partial charge on any atom is -0.492 e. The van der Waals surface area contributed by atoms with Crippen molar-refractivity contribution in [2.45, 2.75) is 20.4 Å². The van der Waals surface area contributed by atoms with Crippen molar-refractivity contribution in [2.24, 2.45) is 0 Å². The Balaban J connectivity index is 1.59. The third-order valence-electron chi connectivity index (χ3n) is 5.00. The number of thiophene rings is 1. The Labute approximate surface area is 205 Å². The van der Waals surface area contributed by atoms with Crippen molar-refractivity contribution >= 4 is 44.7 Å². The molecule has 0 atom stereocenters. The summed E-state index contributed by atoms with van der Waals surface area (Å²) in [7, 11) is 0. The van der Waals surface area contributed by atoms with Gasteiger partial charge in [0.2, 0.25) is 5.91 Å². The lowest BCUT2D eigenvalue weighted by Crippen LogP contribution is -2.27. The summed E-state index contributed by atoms with van der Waals surface area (Å²) in [5.41, 5.74) is 0.971. The SMILES string of the molecule is CCOc1cc(NC(=O)c2ccccc2)c(OCC)cc1NC(=O)Cn1cnc2sccc2c1=O. The summed E-state index contributed by atoms with van der Waals surface area (Å²) < 4.78 is 12.7. The molecular weight excluding hydrogens is 468 g/mol. The zero-order chi connectivity index (χ0) is 24.8. The number of hydrogen-bond donors (Lipinski definition) is 2. The van der Waals surface area contributed by atoms with Gasteiger partial charge in [-0.3, -0.25) is 19.0 Å². The molecule has 0 unspecified atom stereocenters. The summed E-state index contributed by atoms with van der Waals surface area (Å²) in [6, 6.07) is 13.7. The maximum absolute atomic E-state index is 12.8. The Morgan fingerprint density at radius 3 is 2.29 bits per heavy atom. The van der Waals surface area contributed by atoms with Gasteiger partial charge in [0, 0.05) is 17.7 Å². The lowest BCUT2D eigenvalue weighted by Gasteiger charge is -2.18. The average molecular weight is 493 g/mol. The normalized spacial score (nSPS) is 10.7. The van der Waals surface area contributed by atoms with Crippen LogP contribution < -0.4 is 25.7 Å². The van der Waals surface area contributed by atoms with Gasteiger partial charge in [0.1, 0.15) is 22.9 Å². The van der Waals surface area contributed by atoms with Gasteiger partial charge in [0.15, 0.2) is 0 Å². The highest BCUT2D eigenvalue weighted by Crippen LogP contribution is 2.37. The van der Waals surface area contributed by atoms with Gasteiger partial charge in [-0.2, -0.15) is 0 Å². The fourth-order valence-corrected chi connectivity index (χ4v) is 4.16. The van der Waals surface area contributed by atoms with Crippen molar-refractivity contribution in [2.75, 3.05) is 23.8 Å². The third kappa shape index (κ3) is 5.49. The molecule has 4 rings (SSSR count). The van der Waals surface area contributed by atoms with Crippen molar-refractivity contribution in [1.29, 1.82) is 0 Å². The molecule has 0 aliphatic heterocycles. The number of carbonyl (C=O) groups is 2.